The number of carbonyl (C=O) groups is 2. The van der Waals surface area contributed by atoms with Gasteiger partial charge in [-0.15, -0.1) is 0 Å². The van der Waals surface area contributed by atoms with E-state index in [2.05, 4.69) is 4.90 Å². The number of ether oxygens (including phenoxy) is 2. The third-order valence-electron chi connectivity index (χ3n) is 3.57. The normalized spacial score (nSPS) is 18.5. The summed E-state index contributed by atoms with van der Waals surface area (Å²) in [6.07, 6.45) is 1.01. The number of esters is 1. The number of nitrogens with zero attached hydrogens (tertiary/aromatic N) is 2. The first-order chi connectivity index (χ1) is 10.2. The molecule has 1 fully saturated rings. The number of rotatable bonds is 4. The van der Waals surface area contributed by atoms with Crippen LogP contribution in [0.1, 0.15) is 47.5 Å². The summed E-state index contributed by atoms with van der Waals surface area (Å²) in [6, 6.07) is 0.123. The van der Waals surface area contributed by atoms with Gasteiger partial charge in [-0.3, -0.25) is 9.69 Å². The van der Waals surface area contributed by atoms with Crippen LogP contribution in [-0.2, 0) is 14.3 Å². The van der Waals surface area contributed by atoms with Crippen molar-refractivity contribution in [3.05, 3.63) is 0 Å². The Morgan fingerprint density at radius 1 is 1.14 bits per heavy atom. The molecule has 0 bridgehead atoms. The van der Waals surface area contributed by atoms with E-state index < -0.39 is 5.60 Å². The Morgan fingerprint density at radius 2 is 1.82 bits per heavy atom. The summed E-state index contributed by atoms with van der Waals surface area (Å²) >= 11 is 0. The summed E-state index contributed by atoms with van der Waals surface area (Å²) in [6.45, 7) is 12.8. The van der Waals surface area contributed by atoms with Gasteiger partial charge in [-0.25, -0.2) is 4.79 Å². The molecule has 0 aromatic carbocycles. The van der Waals surface area contributed by atoms with Crippen molar-refractivity contribution in [3.8, 4) is 0 Å². The molecule has 1 atom stereocenters. The highest BCUT2D eigenvalue weighted by Gasteiger charge is 2.26. The molecule has 6 heteroatoms. The maximum atomic E-state index is 12.1. The van der Waals surface area contributed by atoms with E-state index in [-0.39, 0.29) is 18.1 Å². The van der Waals surface area contributed by atoms with Crippen LogP contribution in [0.25, 0.3) is 0 Å². The highest BCUT2D eigenvalue weighted by atomic mass is 16.6. The smallest absolute Gasteiger partial charge is 0.410 e. The van der Waals surface area contributed by atoms with Crippen LogP contribution in [0.5, 0.6) is 0 Å². The average Bonchev–Trinajstić information content (AvgIpc) is 2.62. The molecule has 1 rings (SSSR count). The molecule has 0 N–H and O–H groups in total. The van der Waals surface area contributed by atoms with E-state index in [9.17, 15) is 9.59 Å². The fraction of sp³-hybridized carbons (Fsp3) is 0.875. The maximum absolute atomic E-state index is 12.1. The van der Waals surface area contributed by atoms with Crippen LogP contribution in [0.3, 0.4) is 0 Å². The van der Waals surface area contributed by atoms with Crippen LogP contribution >= 0.6 is 0 Å². The second kappa shape index (κ2) is 8.36. The van der Waals surface area contributed by atoms with Gasteiger partial charge in [0.25, 0.3) is 0 Å². The molecule has 1 unspecified atom stereocenters. The molecule has 0 aromatic rings. The van der Waals surface area contributed by atoms with Gasteiger partial charge in [0.2, 0.25) is 0 Å². The lowest BCUT2D eigenvalue weighted by atomic mass is 10.2. The molecule has 1 aliphatic rings. The number of hydrogen-bond acceptors (Lipinski definition) is 5. The first-order valence-corrected chi connectivity index (χ1v) is 8.10. The van der Waals surface area contributed by atoms with Crippen molar-refractivity contribution in [2.24, 2.45) is 0 Å². The summed E-state index contributed by atoms with van der Waals surface area (Å²) < 4.78 is 10.4. The first kappa shape index (κ1) is 18.7. The standard InChI is InChI=1S/C16H30N2O4/c1-6-21-14(19)12-13(2)17-8-7-9-18(11-10-17)15(20)22-16(3,4)5/h13H,6-12H2,1-5H3. The Bertz CT molecular complexity index is 379. The van der Waals surface area contributed by atoms with Crippen molar-refractivity contribution in [3.63, 3.8) is 0 Å². The van der Waals surface area contributed by atoms with Gasteiger partial charge in [0.05, 0.1) is 13.0 Å². The molecule has 1 amide bonds. The van der Waals surface area contributed by atoms with Crippen LogP contribution in [0.4, 0.5) is 4.79 Å². The van der Waals surface area contributed by atoms with Crippen molar-refractivity contribution in [1.82, 2.24) is 9.80 Å². The predicted molar refractivity (Wildman–Crippen MR) is 84.7 cm³/mol. The van der Waals surface area contributed by atoms with Crippen molar-refractivity contribution in [2.75, 3.05) is 32.8 Å². The second-order valence-electron chi connectivity index (χ2n) is 6.72. The van der Waals surface area contributed by atoms with Crippen molar-refractivity contribution < 1.29 is 19.1 Å². The highest BCUT2D eigenvalue weighted by Crippen LogP contribution is 2.14. The molecule has 0 aromatic heterocycles. The van der Waals surface area contributed by atoms with E-state index in [0.29, 0.717) is 26.1 Å². The third-order valence-corrected chi connectivity index (χ3v) is 3.57. The SMILES string of the molecule is CCOC(=O)CC(C)N1CCCN(C(=O)OC(C)(C)C)CC1. The predicted octanol–water partition coefficient (Wildman–Crippen LogP) is 2.27. The van der Waals surface area contributed by atoms with Gasteiger partial charge in [-0.1, -0.05) is 0 Å². The zero-order chi connectivity index (χ0) is 16.8. The molecule has 0 aliphatic carbocycles. The Hall–Kier alpha value is -1.30. The minimum absolute atomic E-state index is 0.123. The third kappa shape index (κ3) is 6.64. The number of hydrogen-bond donors (Lipinski definition) is 0. The van der Waals surface area contributed by atoms with Crippen LogP contribution in [0, 0.1) is 0 Å². The molecular formula is C16H30N2O4. The van der Waals surface area contributed by atoms with Gasteiger partial charge in [-0.05, 0) is 41.0 Å². The Morgan fingerprint density at radius 3 is 2.41 bits per heavy atom. The minimum atomic E-state index is -0.472. The average molecular weight is 314 g/mol. The fourth-order valence-corrected chi connectivity index (χ4v) is 2.48. The molecule has 22 heavy (non-hydrogen) atoms. The van der Waals surface area contributed by atoms with E-state index in [1.54, 1.807) is 4.90 Å². The van der Waals surface area contributed by atoms with Crippen molar-refractivity contribution in [1.29, 1.82) is 0 Å². The molecule has 0 radical (unpaired) electrons. The van der Waals surface area contributed by atoms with Gasteiger partial charge in [0.1, 0.15) is 5.60 Å². The lowest BCUT2D eigenvalue weighted by Gasteiger charge is -2.28. The Balaban J connectivity index is 2.48. The Kier molecular flexibility index (Phi) is 7.13. The van der Waals surface area contributed by atoms with E-state index in [1.807, 2.05) is 34.6 Å². The van der Waals surface area contributed by atoms with Crippen molar-refractivity contribution >= 4 is 12.1 Å². The summed E-state index contributed by atoms with van der Waals surface area (Å²) in [4.78, 5) is 27.7. The zero-order valence-corrected chi connectivity index (χ0v) is 14.6. The van der Waals surface area contributed by atoms with Gasteiger partial charge >= 0.3 is 12.1 Å². The quantitative estimate of drug-likeness (QED) is 0.745. The highest BCUT2D eigenvalue weighted by molar-refractivity contribution is 5.70. The Labute approximate surface area is 133 Å². The summed E-state index contributed by atoms with van der Waals surface area (Å²) in [5, 5.41) is 0. The lowest BCUT2D eigenvalue weighted by molar-refractivity contribution is -0.144. The molecular weight excluding hydrogens is 284 g/mol. The molecule has 1 saturated heterocycles. The van der Waals surface area contributed by atoms with Crippen LogP contribution in [-0.4, -0.2) is 66.3 Å². The number of amides is 1. The fourth-order valence-electron chi connectivity index (χ4n) is 2.48. The molecule has 1 heterocycles. The first-order valence-electron chi connectivity index (χ1n) is 8.10. The van der Waals surface area contributed by atoms with Crippen LogP contribution < -0.4 is 0 Å². The van der Waals surface area contributed by atoms with Gasteiger partial charge in [0, 0.05) is 32.2 Å². The maximum Gasteiger partial charge on any atom is 0.410 e. The van der Waals surface area contributed by atoms with E-state index in [0.717, 1.165) is 19.5 Å². The summed E-state index contributed by atoms with van der Waals surface area (Å²) in [5.41, 5.74) is -0.472. The van der Waals surface area contributed by atoms with Gasteiger partial charge in [-0.2, -0.15) is 0 Å². The summed E-state index contributed by atoms with van der Waals surface area (Å²) in [5.74, 6) is -0.164. The molecule has 0 saturated carbocycles. The largest absolute Gasteiger partial charge is 0.466 e. The lowest BCUT2D eigenvalue weighted by Crippen LogP contribution is -2.41. The minimum Gasteiger partial charge on any atom is -0.466 e. The number of carbonyl (C=O) groups excluding carboxylic acids is 2. The molecule has 1 aliphatic heterocycles. The van der Waals surface area contributed by atoms with Gasteiger partial charge < -0.3 is 14.4 Å². The van der Waals surface area contributed by atoms with E-state index >= 15 is 0 Å². The van der Waals surface area contributed by atoms with Crippen molar-refractivity contribution in [2.45, 2.75) is 59.1 Å². The molecule has 0 spiro atoms. The van der Waals surface area contributed by atoms with E-state index in [4.69, 9.17) is 9.47 Å². The second-order valence-corrected chi connectivity index (χ2v) is 6.72. The molecule has 6 nitrogen and oxygen atoms in total. The summed E-state index contributed by atoms with van der Waals surface area (Å²) in [7, 11) is 0. The zero-order valence-electron chi connectivity index (χ0n) is 14.6. The van der Waals surface area contributed by atoms with E-state index in [1.165, 1.54) is 0 Å². The molecule has 128 valence electrons. The van der Waals surface area contributed by atoms with Crippen LogP contribution in [0.15, 0.2) is 0 Å². The topological polar surface area (TPSA) is 59.1 Å². The van der Waals surface area contributed by atoms with Crippen LogP contribution in [0.2, 0.25) is 0 Å². The monoisotopic (exact) mass is 314 g/mol. The van der Waals surface area contributed by atoms with Gasteiger partial charge in [0.15, 0.2) is 0 Å².